The van der Waals surface area contributed by atoms with Crippen LogP contribution in [0.4, 0.5) is 10.1 Å². The van der Waals surface area contributed by atoms with Crippen LogP contribution < -0.4 is 10.2 Å². The van der Waals surface area contributed by atoms with Crippen molar-refractivity contribution in [3.8, 4) is 0 Å². The number of rotatable bonds is 6. The summed E-state index contributed by atoms with van der Waals surface area (Å²) in [7, 11) is 0. The molecule has 1 atom stereocenters. The first-order valence-corrected chi connectivity index (χ1v) is 11.0. The number of nitrogens with zero attached hydrogens (tertiary/aromatic N) is 1. The van der Waals surface area contributed by atoms with Gasteiger partial charge in [-0.25, -0.2) is 4.39 Å². The van der Waals surface area contributed by atoms with Gasteiger partial charge >= 0.3 is 0 Å². The molecule has 1 aliphatic carbocycles. The summed E-state index contributed by atoms with van der Waals surface area (Å²) in [5.41, 5.74) is 1.95. The fourth-order valence-electron chi connectivity index (χ4n) is 4.05. The zero-order chi connectivity index (χ0) is 22.7. The normalized spacial score (nSPS) is 14.8. The van der Waals surface area contributed by atoms with Gasteiger partial charge in [0.2, 0.25) is 5.91 Å². The number of anilines is 1. The fraction of sp³-hybridized carbons (Fsp3) is 0.280. The van der Waals surface area contributed by atoms with Crippen molar-refractivity contribution in [2.45, 2.75) is 44.7 Å². The second-order valence-electron chi connectivity index (χ2n) is 8.05. The molecule has 0 aliphatic heterocycles. The molecule has 7 heteroatoms. The highest BCUT2D eigenvalue weighted by Gasteiger charge is 2.36. The van der Waals surface area contributed by atoms with Crippen molar-refractivity contribution in [1.82, 2.24) is 5.32 Å². The van der Waals surface area contributed by atoms with Gasteiger partial charge < -0.3 is 9.73 Å². The van der Waals surface area contributed by atoms with E-state index in [4.69, 9.17) is 16.0 Å². The summed E-state index contributed by atoms with van der Waals surface area (Å²) in [6, 6.07) is 13.6. The SMILES string of the molecule is Cc1ccc([C@H](C(=O)NC2CCCC2)N(C(=O)c2ccco2)c2ccc(F)c(Cl)c2)cc1. The minimum Gasteiger partial charge on any atom is -0.459 e. The van der Waals surface area contributed by atoms with Crippen molar-refractivity contribution in [2.75, 3.05) is 4.90 Å². The lowest BCUT2D eigenvalue weighted by atomic mass is 10.0. The molecule has 166 valence electrons. The van der Waals surface area contributed by atoms with Gasteiger partial charge in [-0.3, -0.25) is 14.5 Å². The van der Waals surface area contributed by atoms with Crippen molar-refractivity contribution < 1.29 is 18.4 Å². The molecule has 0 spiro atoms. The fourth-order valence-corrected chi connectivity index (χ4v) is 4.23. The molecule has 1 fully saturated rings. The third-order valence-corrected chi connectivity index (χ3v) is 6.02. The molecule has 4 rings (SSSR count). The Morgan fingerprint density at radius 1 is 1.12 bits per heavy atom. The second-order valence-corrected chi connectivity index (χ2v) is 8.46. The lowest BCUT2D eigenvalue weighted by Gasteiger charge is -2.32. The van der Waals surface area contributed by atoms with Crippen molar-refractivity contribution in [2.24, 2.45) is 0 Å². The molecule has 3 aromatic rings. The molecule has 1 saturated carbocycles. The lowest BCUT2D eigenvalue weighted by Crippen LogP contribution is -2.46. The Morgan fingerprint density at radius 3 is 2.47 bits per heavy atom. The van der Waals surface area contributed by atoms with E-state index in [0.29, 0.717) is 11.3 Å². The van der Waals surface area contributed by atoms with Gasteiger partial charge in [0.1, 0.15) is 11.9 Å². The average Bonchev–Trinajstić information content (AvgIpc) is 3.49. The van der Waals surface area contributed by atoms with Gasteiger partial charge in [0.05, 0.1) is 11.3 Å². The number of hydrogen-bond acceptors (Lipinski definition) is 3. The van der Waals surface area contributed by atoms with Crippen LogP contribution in [0.3, 0.4) is 0 Å². The highest BCUT2D eigenvalue weighted by molar-refractivity contribution is 6.31. The number of hydrogen-bond donors (Lipinski definition) is 1. The first-order chi connectivity index (χ1) is 15.4. The van der Waals surface area contributed by atoms with E-state index in [1.165, 1.54) is 35.4 Å². The summed E-state index contributed by atoms with van der Waals surface area (Å²) in [4.78, 5) is 28.4. The third-order valence-electron chi connectivity index (χ3n) is 5.73. The molecular weight excluding hydrogens is 431 g/mol. The Labute approximate surface area is 191 Å². The quantitative estimate of drug-likeness (QED) is 0.510. The van der Waals surface area contributed by atoms with E-state index in [2.05, 4.69) is 5.32 Å². The molecule has 2 amide bonds. The molecule has 1 N–H and O–H groups in total. The predicted octanol–water partition coefficient (Wildman–Crippen LogP) is 5.83. The topological polar surface area (TPSA) is 62.6 Å². The smallest absolute Gasteiger partial charge is 0.294 e. The van der Waals surface area contributed by atoms with Gasteiger partial charge in [0.25, 0.3) is 5.91 Å². The van der Waals surface area contributed by atoms with Gasteiger partial charge in [-0.05, 0) is 55.7 Å². The minimum atomic E-state index is -0.990. The molecule has 0 unspecified atom stereocenters. The van der Waals surface area contributed by atoms with Crippen molar-refractivity contribution in [3.63, 3.8) is 0 Å². The summed E-state index contributed by atoms with van der Waals surface area (Å²) in [6.45, 7) is 1.95. The molecule has 0 radical (unpaired) electrons. The van der Waals surface area contributed by atoms with Crippen LogP contribution in [0.1, 0.15) is 53.4 Å². The van der Waals surface area contributed by atoms with Crippen LogP contribution in [0.25, 0.3) is 0 Å². The number of nitrogens with one attached hydrogen (secondary N) is 1. The van der Waals surface area contributed by atoms with Crippen LogP contribution in [0.5, 0.6) is 0 Å². The summed E-state index contributed by atoms with van der Waals surface area (Å²) in [5, 5.41) is 2.96. The number of halogens is 2. The Kier molecular flexibility index (Phi) is 6.61. The van der Waals surface area contributed by atoms with E-state index < -0.39 is 17.8 Å². The van der Waals surface area contributed by atoms with Crippen LogP contribution in [0.15, 0.2) is 65.3 Å². The highest BCUT2D eigenvalue weighted by atomic mass is 35.5. The molecule has 2 aromatic carbocycles. The molecule has 32 heavy (non-hydrogen) atoms. The predicted molar refractivity (Wildman–Crippen MR) is 121 cm³/mol. The highest BCUT2D eigenvalue weighted by Crippen LogP contribution is 2.33. The van der Waals surface area contributed by atoms with Gasteiger partial charge in [-0.2, -0.15) is 0 Å². The number of benzene rings is 2. The van der Waals surface area contributed by atoms with Crippen LogP contribution in [-0.4, -0.2) is 17.9 Å². The van der Waals surface area contributed by atoms with Gasteiger partial charge in [-0.15, -0.1) is 0 Å². The minimum absolute atomic E-state index is 0.0628. The molecule has 1 aromatic heterocycles. The molecule has 1 aliphatic rings. The zero-order valence-corrected chi connectivity index (χ0v) is 18.4. The number of furan rings is 1. The monoisotopic (exact) mass is 454 g/mol. The number of carbonyl (C=O) groups excluding carboxylic acids is 2. The maximum Gasteiger partial charge on any atom is 0.294 e. The first kappa shape index (κ1) is 22.1. The number of aryl methyl sites for hydroxylation is 1. The largest absolute Gasteiger partial charge is 0.459 e. The van der Waals surface area contributed by atoms with E-state index in [9.17, 15) is 14.0 Å². The second kappa shape index (κ2) is 9.57. The van der Waals surface area contributed by atoms with Crippen LogP contribution in [-0.2, 0) is 4.79 Å². The first-order valence-electron chi connectivity index (χ1n) is 10.6. The van der Waals surface area contributed by atoms with Crippen molar-refractivity contribution in [1.29, 1.82) is 0 Å². The van der Waals surface area contributed by atoms with E-state index in [1.807, 2.05) is 31.2 Å². The van der Waals surface area contributed by atoms with Crippen LogP contribution in [0, 0.1) is 12.7 Å². The van der Waals surface area contributed by atoms with Gasteiger partial charge in [-0.1, -0.05) is 54.3 Å². The summed E-state index contributed by atoms with van der Waals surface area (Å²) in [6.07, 6.45) is 5.32. The zero-order valence-electron chi connectivity index (χ0n) is 17.7. The molecular formula is C25H24ClFN2O3. The Bertz CT molecular complexity index is 1090. The lowest BCUT2D eigenvalue weighted by molar-refractivity contribution is -0.123. The summed E-state index contributed by atoms with van der Waals surface area (Å²) >= 11 is 6.04. The van der Waals surface area contributed by atoms with Crippen LogP contribution in [0.2, 0.25) is 5.02 Å². The number of amides is 2. The standard InChI is InChI=1S/C25H24ClFN2O3/c1-16-8-10-17(11-9-16)23(24(30)28-18-5-2-3-6-18)29(25(31)22-7-4-14-32-22)19-12-13-21(27)20(26)15-19/h4,7-15,18,23H,2-3,5-6H2,1H3,(H,28,30)/t23-/m1/s1. The Balaban J connectivity index is 1.82. The van der Waals surface area contributed by atoms with E-state index in [1.54, 1.807) is 6.07 Å². The molecule has 0 bridgehead atoms. The maximum absolute atomic E-state index is 13.9. The Morgan fingerprint density at radius 2 is 1.84 bits per heavy atom. The van der Waals surface area contributed by atoms with E-state index >= 15 is 0 Å². The van der Waals surface area contributed by atoms with E-state index in [0.717, 1.165) is 31.2 Å². The number of carbonyl (C=O) groups is 2. The molecule has 0 saturated heterocycles. The van der Waals surface area contributed by atoms with Gasteiger partial charge in [0, 0.05) is 11.7 Å². The molecule has 1 heterocycles. The maximum atomic E-state index is 13.9. The summed E-state index contributed by atoms with van der Waals surface area (Å²) < 4.78 is 19.2. The Hall–Kier alpha value is -3.12. The van der Waals surface area contributed by atoms with Crippen molar-refractivity contribution >= 4 is 29.1 Å². The third kappa shape index (κ3) is 4.70. The molecule has 5 nitrogen and oxygen atoms in total. The van der Waals surface area contributed by atoms with E-state index in [-0.39, 0.29) is 22.7 Å². The van der Waals surface area contributed by atoms with Gasteiger partial charge in [0.15, 0.2) is 5.76 Å². The summed E-state index contributed by atoms with van der Waals surface area (Å²) in [5.74, 6) is -1.37. The van der Waals surface area contributed by atoms with Crippen molar-refractivity contribution in [3.05, 3.63) is 88.6 Å². The van der Waals surface area contributed by atoms with Crippen LogP contribution >= 0.6 is 11.6 Å². The average molecular weight is 455 g/mol.